The van der Waals surface area contributed by atoms with E-state index in [4.69, 9.17) is 21.3 Å². The standard InChI is InChI=1S/C22H39NO3.C20H35NO3/c1-2-26-20(25)22(17-18-22)14-12-10-8-6-4-3-5-7-9-11-13-21(15-16-21)19(23)24;21-17(22)19(13-14-19)11-9-7-5-3-1-2-4-6-8-10-12-20(15-16-20)18(23)24/h2-18H2,1H3,(H2,23,24);1-16H2,(H2,21,22)(H,23,24). The first kappa shape index (κ1) is 42.3. The summed E-state index contributed by atoms with van der Waals surface area (Å²) in [6, 6.07) is 0. The molecular formula is C42H74N2O6. The van der Waals surface area contributed by atoms with Crippen molar-refractivity contribution in [2.24, 2.45) is 33.1 Å². The molecule has 0 aromatic rings. The largest absolute Gasteiger partial charge is 0.481 e. The first-order chi connectivity index (χ1) is 24.1. The zero-order valence-electron chi connectivity index (χ0n) is 32.0. The molecule has 2 amide bonds. The molecule has 0 aromatic heterocycles. The van der Waals surface area contributed by atoms with Gasteiger partial charge in [0, 0.05) is 10.8 Å². The molecule has 4 rings (SSSR count). The van der Waals surface area contributed by atoms with E-state index in [0.717, 1.165) is 96.3 Å². The number of primary amides is 2. The van der Waals surface area contributed by atoms with Crippen LogP contribution in [-0.4, -0.2) is 35.5 Å². The first-order valence-corrected chi connectivity index (χ1v) is 21.1. The minimum Gasteiger partial charge on any atom is -0.481 e. The maximum absolute atomic E-state index is 11.9. The number of carboxylic acids is 1. The number of ether oxygens (including phenoxy) is 1. The van der Waals surface area contributed by atoms with Crippen LogP contribution in [-0.2, 0) is 23.9 Å². The SMILES string of the molecule is CCOC(=O)C1(CCCCCCCCCCCCC2(C(N)=O)CC2)CC1.NC(=O)C1(CCCCCCCCCCCCC2(C(=O)O)CC2)CC1. The van der Waals surface area contributed by atoms with Crippen LogP contribution in [0.1, 0.15) is 212 Å². The highest BCUT2D eigenvalue weighted by Gasteiger charge is 2.51. The van der Waals surface area contributed by atoms with Gasteiger partial charge in [0.05, 0.1) is 17.4 Å². The molecule has 0 aliphatic heterocycles. The molecule has 5 N–H and O–H groups in total. The van der Waals surface area contributed by atoms with E-state index in [2.05, 4.69) is 0 Å². The number of hydrogen-bond donors (Lipinski definition) is 3. The van der Waals surface area contributed by atoms with Gasteiger partial charge >= 0.3 is 11.9 Å². The van der Waals surface area contributed by atoms with E-state index in [9.17, 15) is 19.2 Å². The molecule has 0 spiro atoms. The maximum atomic E-state index is 11.9. The van der Waals surface area contributed by atoms with E-state index < -0.39 is 5.97 Å². The molecule has 0 heterocycles. The number of aliphatic carboxylic acids is 1. The quantitative estimate of drug-likeness (QED) is 0.0483. The van der Waals surface area contributed by atoms with Gasteiger partial charge in [0.2, 0.25) is 11.8 Å². The van der Waals surface area contributed by atoms with Gasteiger partial charge in [-0.2, -0.15) is 0 Å². The smallest absolute Gasteiger partial charge is 0.312 e. The molecule has 4 aliphatic carbocycles. The minimum absolute atomic E-state index is 0.0448. The third-order valence-corrected chi connectivity index (χ3v) is 12.7. The Bertz CT molecular complexity index is 1000. The highest BCUT2D eigenvalue weighted by molar-refractivity contribution is 5.84. The number of rotatable bonds is 31. The lowest BCUT2D eigenvalue weighted by atomic mass is 9.96. The van der Waals surface area contributed by atoms with Gasteiger partial charge in [0.15, 0.2) is 0 Å². The molecule has 0 bridgehead atoms. The number of carboxylic acid groups (broad SMARTS) is 1. The van der Waals surface area contributed by atoms with Gasteiger partial charge in [-0.05, 0) is 84.0 Å². The van der Waals surface area contributed by atoms with E-state index in [1.165, 1.54) is 109 Å². The molecule has 4 saturated carbocycles. The predicted octanol–water partition coefficient (Wildman–Crippen LogP) is 10.1. The van der Waals surface area contributed by atoms with Gasteiger partial charge in [-0.25, -0.2) is 0 Å². The molecule has 0 unspecified atom stereocenters. The highest BCUT2D eigenvalue weighted by Crippen LogP contribution is 2.52. The zero-order chi connectivity index (χ0) is 36.4. The molecule has 0 aromatic carbocycles. The van der Waals surface area contributed by atoms with Crippen molar-refractivity contribution in [3.05, 3.63) is 0 Å². The summed E-state index contributed by atoms with van der Waals surface area (Å²) in [4.78, 5) is 45.6. The van der Waals surface area contributed by atoms with Crippen LogP contribution in [0.15, 0.2) is 0 Å². The van der Waals surface area contributed by atoms with Crippen molar-refractivity contribution in [2.75, 3.05) is 6.61 Å². The van der Waals surface area contributed by atoms with Crippen LogP contribution in [0.2, 0.25) is 0 Å². The number of amides is 2. The van der Waals surface area contributed by atoms with Gasteiger partial charge in [0.1, 0.15) is 0 Å². The Hall–Kier alpha value is -2.12. The Morgan fingerprint density at radius 2 is 0.680 bits per heavy atom. The van der Waals surface area contributed by atoms with Crippen molar-refractivity contribution in [3.63, 3.8) is 0 Å². The lowest BCUT2D eigenvalue weighted by Gasteiger charge is -2.13. The van der Waals surface area contributed by atoms with Crippen LogP contribution >= 0.6 is 0 Å². The summed E-state index contributed by atoms with van der Waals surface area (Å²) in [7, 11) is 0. The third kappa shape index (κ3) is 14.9. The second-order valence-corrected chi connectivity index (χ2v) is 16.9. The normalized spacial score (nSPS) is 19.5. The Morgan fingerprint density at radius 3 is 0.900 bits per heavy atom. The molecule has 288 valence electrons. The molecule has 4 fully saturated rings. The van der Waals surface area contributed by atoms with Crippen molar-refractivity contribution in [3.8, 4) is 0 Å². The molecular weight excluding hydrogens is 628 g/mol. The topological polar surface area (TPSA) is 150 Å². The predicted molar refractivity (Wildman–Crippen MR) is 200 cm³/mol. The van der Waals surface area contributed by atoms with Crippen LogP contribution in [0.3, 0.4) is 0 Å². The number of esters is 1. The van der Waals surface area contributed by atoms with E-state index >= 15 is 0 Å². The van der Waals surface area contributed by atoms with Gasteiger partial charge in [-0.15, -0.1) is 0 Å². The van der Waals surface area contributed by atoms with Crippen molar-refractivity contribution >= 4 is 23.8 Å². The monoisotopic (exact) mass is 703 g/mol. The summed E-state index contributed by atoms with van der Waals surface area (Å²) < 4.78 is 5.19. The number of hydrogen-bond acceptors (Lipinski definition) is 5. The van der Waals surface area contributed by atoms with Gasteiger partial charge < -0.3 is 21.3 Å². The average molecular weight is 703 g/mol. The first-order valence-electron chi connectivity index (χ1n) is 21.1. The summed E-state index contributed by atoms with van der Waals surface area (Å²) in [6.07, 6.45) is 36.8. The Labute approximate surface area is 304 Å². The van der Waals surface area contributed by atoms with Crippen LogP contribution < -0.4 is 11.5 Å². The van der Waals surface area contributed by atoms with E-state index in [-0.39, 0.29) is 39.4 Å². The van der Waals surface area contributed by atoms with Gasteiger partial charge in [-0.3, -0.25) is 19.2 Å². The van der Waals surface area contributed by atoms with Crippen molar-refractivity contribution in [1.82, 2.24) is 0 Å². The van der Waals surface area contributed by atoms with Crippen LogP contribution in [0.4, 0.5) is 0 Å². The number of unbranched alkanes of at least 4 members (excludes halogenated alkanes) is 18. The maximum Gasteiger partial charge on any atom is 0.312 e. The second-order valence-electron chi connectivity index (χ2n) is 16.9. The van der Waals surface area contributed by atoms with Crippen molar-refractivity contribution < 1.29 is 29.0 Å². The summed E-state index contributed by atoms with van der Waals surface area (Å²) in [6.45, 7) is 2.39. The minimum atomic E-state index is -0.578. The molecule has 50 heavy (non-hydrogen) atoms. The number of carbonyl (C=O) groups is 4. The molecule has 0 radical (unpaired) electrons. The highest BCUT2D eigenvalue weighted by atomic mass is 16.5. The average Bonchev–Trinajstić information content (AvgIpc) is 3.89. The lowest BCUT2D eigenvalue weighted by molar-refractivity contribution is -0.150. The zero-order valence-corrected chi connectivity index (χ0v) is 32.0. The summed E-state index contributed by atoms with van der Waals surface area (Å²) >= 11 is 0. The Balaban J connectivity index is 0.000000271. The fourth-order valence-corrected chi connectivity index (χ4v) is 7.94. The summed E-state index contributed by atoms with van der Waals surface area (Å²) in [5.41, 5.74) is 10.3. The lowest BCUT2D eigenvalue weighted by Crippen LogP contribution is -2.24. The molecule has 4 aliphatic rings. The van der Waals surface area contributed by atoms with E-state index in [0.29, 0.717) is 6.61 Å². The van der Waals surface area contributed by atoms with Crippen LogP contribution in [0, 0.1) is 21.7 Å². The Morgan fingerprint density at radius 1 is 0.440 bits per heavy atom. The second kappa shape index (κ2) is 21.4. The summed E-state index contributed by atoms with van der Waals surface area (Å²) in [5.74, 6) is -0.694. The third-order valence-electron chi connectivity index (χ3n) is 12.7. The molecule has 0 saturated heterocycles. The van der Waals surface area contributed by atoms with Crippen molar-refractivity contribution in [2.45, 2.75) is 212 Å². The molecule has 8 nitrogen and oxygen atoms in total. The van der Waals surface area contributed by atoms with E-state index in [1.54, 1.807) is 0 Å². The van der Waals surface area contributed by atoms with Gasteiger partial charge in [-0.1, -0.05) is 128 Å². The van der Waals surface area contributed by atoms with Crippen LogP contribution in [0.5, 0.6) is 0 Å². The molecule has 0 atom stereocenters. The van der Waals surface area contributed by atoms with Gasteiger partial charge in [0.25, 0.3) is 0 Å². The van der Waals surface area contributed by atoms with Crippen molar-refractivity contribution in [1.29, 1.82) is 0 Å². The summed E-state index contributed by atoms with van der Waals surface area (Å²) in [5, 5.41) is 9.12. The van der Waals surface area contributed by atoms with E-state index in [1.807, 2.05) is 6.92 Å². The fourth-order valence-electron chi connectivity index (χ4n) is 7.94. The fraction of sp³-hybridized carbons (Fsp3) is 0.905. The number of carbonyl (C=O) groups excluding carboxylic acids is 3. The number of nitrogens with two attached hydrogens (primary N) is 2. The Kier molecular flexibility index (Phi) is 18.1. The van der Waals surface area contributed by atoms with Crippen LogP contribution in [0.25, 0.3) is 0 Å². The molecule has 8 heteroatoms.